The number of hydrogen-bond donors (Lipinski definition) is 1. The summed E-state index contributed by atoms with van der Waals surface area (Å²) in [5, 5.41) is 3.00. The van der Waals surface area contributed by atoms with Crippen LogP contribution >= 0.6 is 11.3 Å². The molecule has 0 fully saturated rings. The van der Waals surface area contributed by atoms with Gasteiger partial charge in [0.1, 0.15) is 10.8 Å². The molecular weight excluding hydrogens is 244 g/mol. The van der Waals surface area contributed by atoms with Crippen LogP contribution in [-0.2, 0) is 16.6 Å². The number of nitrogens with two attached hydrogens (primary N) is 1. The van der Waals surface area contributed by atoms with Crippen LogP contribution in [0.4, 0.5) is 0 Å². The number of ketones is 1. The van der Waals surface area contributed by atoms with Crippen LogP contribution in [0.3, 0.4) is 0 Å². The van der Waals surface area contributed by atoms with Crippen molar-refractivity contribution in [3.63, 3.8) is 0 Å². The average molecular weight is 268 g/mol. The van der Waals surface area contributed by atoms with E-state index in [0.717, 1.165) is 23.5 Å². The van der Waals surface area contributed by atoms with Crippen molar-refractivity contribution in [1.82, 2.24) is 4.98 Å². The topological polar surface area (TPSA) is 56.0 Å². The zero-order valence-electron chi connectivity index (χ0n) is 11.8. The molecule has 0 saturated heterocycles. The highest BCUT2D eigenvalue weighted by molar-refractivity contribution is 7.09. The van der Waals surface area contributed by atoms with Crippen molar-refractivity contribution in [3.8, 4) is 0 Å². The second-order valence-corrected chi connectivity index (χ2v) is 6.90. The Bertz CT molecular complexity index is 391. The molecule has 1 unspecified atom stereocenters. The van der Waals surface area contributed by atoms with Gasteiger partial charge in [-0.2, -0.15) is 0 Å². The molecule has 0 aliphatic carbocycles. The number of rotatable bonds is 6. The summed E-state index contributed by atoms with van der Waals surface area (Å²) in [7, 11) is 0. The van der Waals surface area contributed by atoms with E-state index >= 15 is 0 Å². The van der Waals surface area contributed by atoms with Crippen LogP contribution in [0.1, 0.15) is 57.7 Å². The predicted octanol–water partition coefficient (Wildman–Crippen LogP) is 3.07. The SMILES string of the molecule is CC(N)CCCC(=O)Cc1nc(C(C)(C)C)cs1. The standard InChI is InChI=1S/C14H24N2OS/c1-10(15)6-5-7-11(17)8-13-16-12(9-18-13)14(2,3)4/h9-10H,5-8,15H2,1-4H3. The Kier molecular flexibility index (Phi) is 5.47. The van der Waals surface area contributed by atoms with Gasteiger partial charge in [-0.05, 0) is 19.8 Å². The molecule has 0 radical (unpaired) electrons. The minimum absolute atomic E-state index is 0.0623. The van der Waals surface area contributed by atoms with Gasteiger partial charge < -0.3 is 5.73 Å². The number of hydrogen-bond acceptors (Lipinski definition) is 4. The van der Waals surface area contributed by atoms with Crippen LogP contribution in [0.15, 0.2) is 5.38 Å². The lowest BCUT2D eigenvalue weighted by Crippen LogP contribution is -2.15. The largest absolute Gasteiger partial charge is 0.328 e. The van der Waals surface area contributed by atoms with Crippen LogP contribution in [0.5, 0.6) is 0 Å². The fourth-order valence-electron chi connectivity index (χ4n) is 1.61. The summed E-state index contributed by atoms with van der Waals surface area (Å²) < 4.78 is 0. The monoisotopic (exact) mass is 268 g/mol. The second kappa shape index (κ2) is 6.43. The van der Waals surface area contributed by atoms with E-state index in [2.05, 4.69) is 31.1 Å². The summed E-state index contributed by atoms with van der Waals surface area (Å²) in [5.41, 5.74) is 6.80. The van der Waals surface area contributed by atoms with E-state index in [9.17, 15) is 4.79 Å². The maximum Gasteiger partial charge on any atom is 0.139 e. The fraction of sp³-hybridized carbons (Fsp3) is 0.714. The van der Waals surface area contributed by atoms with E-state index in [4.69, 9.17) is 5.73 Å². The molecule has 1 atom stereocenters. The number of nitrogens with zero attached hydrogens (tertiary/aromatic N) is 1. The maximum absolute atomic E-state index is 11.8. The van der Waals surface area contributed by atoms with Crippen LogP contribution in [-0.4, -0.2) is 16.8 Å². The van der Waals surface area contributed by atoms with E-state index in [0.29, 0.717) is 12.8 Å². The van der Waals surface area contributed by atoms with Crippen molar-refractivity contribution in [2.75, 3.05) is 0 Å². The minimum Gasteiger partial charge on any atom is -0.328 e. The Labute approximate surface area is 114 Å². The fourth-order valence-corrected chi connectivity index (χ4v) is 2.66. The average Bonchev–Trinajstić information content (AvgIpc) is 2.64. The first-order valence-electron chi connectivity index (χ1n) is 6.51. The van der Waals surface area contributed by atoms with Crippen LogP contribution < -0.4 is 5.73 Å². The summed E-state index contributed by atoms with van der Waals surface area (Å²) in [6, 6.07) is 0.185. The first-order valence-corrected chi connectivity index (χ1v) is 7.39. The number of thiazole rings is 1. The van der Waals surface area contributed by atoms with Crippen molar-refractivity contribution < 1.29 is 4.79 Å². The summed E-state index contributed by atoms with van der Waals surface area (Å²) >= 11 is 1.59. The summed E-state index contributed by atoms with van der Waals surface area (Å²) in [6.07, 6.45) is 2.89. The second-order valence-electron chi connectivity index (χ2n) is 5.96. The predicted molar refractivity (Wildman–Crippen MR) is 77.0 cm³/mol. The molecule has 1 aromatic rings. The lowest BCUT2D eigenvalue weighted by Gasteiger charge is -2.14. The molecule has 0 saturated carbocycles. The quantitative estimate of drug-likeness (QED) is 0.862. The van der Waals surface area contributed by atoms with Crippen LogP contribution in [0.2, 0.25) is 0 Å². The Morgan fingerprint density at radius 2 is 2.17 bits per heavy atom. The maximum atomic E-state index is 11.8. The normalized spacial score (nSPS) is 13.6. The molecule has 1 rings (SSSR count). The van der Waals surface area contributed by atoms with E-state index in [1.54, 1.807) is 11.3 Å². The minimum atomic E-state index is 0.0623. The van der Waals surface area contributed by atoms with Gasteiger partial charge in [0, 0.05) is 23.3 Å². The molecule has 0 aromatic carbocycles. The summed E-state index contributed by atoms with van der Waals surface area (Å²) in [4.78, 5) is 16.3. The molecule has 1 heterocycles. The molecule has 2 N–H and O–H groups in total. The van der Waals surface area contributed by atoms with Crippen molar-refractivity contribution in [2.45, 2.75) is 64.8 Å². The molecule has 4 heteroatoms. The van der Waals surface area contributed by atoms with Crippen molar-refractivity contribution in [3.05, 3.63) is 16.1 Å². The highest BCUT2D eigenvalue weighted by Gasteiger charge is 2.18. The van der Waals surface area contributed by atoms with E-state index < -0.39 is 0 Å². The number of carbonyl (C=O) groups excluding carboxylic acids is 1. The molecule has 0 aliphatic heterocycles. The van der Waals surface area contributed by atoms with Gasteiger partial charge in [-0.25, -0.2) is 4.98 Å². The van der Waals surface area contributed by atoms with Crippen LogP contribution in [0.25, 0.3) is 0 Å². The molecule has 0 amide bonds. The Morgan fingerprint density at radius 1 is 1.50 bits per heavy atom. The van der Waals surface area contributed by atoms with Crippen molar-refractivity contribution in [2.24, 2.45) is 5.73 Å². The first kappa shape index (κ1) is 15.3. The number of Topliss-reactive ketones (excluding diaryl/α,β-unsaturated/α-hetero) is 1. The third-order valence-electron chi connectivity index (χ3n) is 2.78. The molecule has 18 heavy (non-hydrogen) atoms. The lowest BCUT2D eigenvalue weighted by atomic mass is 9.93. The van der Waals surface area contributed by atoms with Crippen LogP contribution in [0, 0.1) is 0 Å². The van der Waals surface area contributed by atoms with Gasteiger partial charge in [-0.3, -0.25) is 4.79 Å². The highest BCUT2D eigenvalue weighted by Crippen LogP contribution is 2.24. The molecule has 0 spiro atoms. The van der Waals surface area contributed by atoms with E-state index in [-0.39, 0.29) is 17.2 Å². The zero-order chi connectivity index (χ0) is 13.8. The molecule has 0 aliphatic rings. The summed E-state index contributed by atoms with van der Waals surface area (Å²) in [5.74, 6) is 0.269. The number of carbonyl (C=O) groups is 1. The van der Waals surface area contributed by atoms with Crippen molar-refractivity contribution >= 4 is 17.1 Å². The van der Waals surface area contributed by atoms with Gasteiger partial charge in [-0.15, -0.1) is 11.3 Å². The molecule has 0 bridgehead atoms. The third kappa shape index (κ3) is 5.27. The number of aromatic nitrogens is 1. The van der Waals surface area contributed by atoms with Gasteiger partial charge in [0.15, 0.2) is 0 Å². The van der Waals surface area contributed by atoms with E-state index in [1.807, 2.05) is 6.92 Å². The smallest absolute Gasteiger partial charge is 0.139 e. The van der Waals surface area contributed by atoms with Gasteiger partial charge in [0.2, 0.25) is 0 Å². The Morgan fingerprint density at radius 3 is 2.67 bits per heavy atom. The molecule has 3 nitrogen and oxygen atoms in total. The van der Waals surface area contributed by atoms with Gasteiger partial charge >= 0.3 is 0 Å². The molecule has 102 valence electrons. The molecular formula is C14H24N2OS. The summed E-state index contributed by atoms with van der Waals surface area (Å²) in [6.45, 7) is 8.38. The Balaban J connectivity index is 2.43. The molecule has 1 aromatic heterocycles. The lowest BCUT2D eigenvalue weighted by molar-refractivity contribution is -0.118. The zero-order valence-corrected chi connectivity index (χ0v) is 12.6. The van der Waals surface area contributed by atoms with E-state index in [1.165, 1.54) is 0 Å². The highest BCUT2D eigenvalue weighted by atomic mass is 32.1. The van der Waals surface area contributed by atoms with Crippen molar-refractivity contribution in [1.29, 1.82) is 0 Å². The van der Waals surface area contributed by atoms with Gasteiger partial charge in [-0.1, -0.05) is 20.8 Å². The third-order valence-corrected chi connectivity index (χ3v) is 3.63. The Hall–Kier alpha value is -0.740. The van der Waals surface area contributed by atoms with Gasteiger partial charge in [0.25, 0.3) is 0 Å². The first-order chi connectivity index (χ1) is 8.29. The van der Waals surface area contributed by atoms with Gasteiger partial charge in [0.05, 0.1) is 12.1 Å².